The molecule has 6 heteroatoms. The van der Waals surface area contributed by atoms with Crippen LogP contribution in [0.15, 0.2) is 60.2 Å². The van der Waals surface area contributed by atoms with Gasteiger partial charge in [-0.1, -0.05) is 24.3 Å². The molecular formula is C27H28N2O4. The van der Waals surface area contributed by atoms with Gasteiger partial charge in [-0.25, -0.2) is 4.79 Å². The molecule has 1 aliphatic carbocycles. The van der Waals surface area contributed by atoms with Crippen molar-refractivity contribution < 1.29 is 19.0 Å². The first-order valence-corrected chi connectivity index (χ1v) is 11.3. The lowest BCUT2D eigenvalue weighted by Gasteiger charge is -2.34. The molecule has 0 saturated heterocycles. The maximum absolute atomic E-state index is 13.5. The van der Waals surface area contributed by atoms with Crippen molar-refractivity contribution in [1.82, 2.24) is 9.55 Å². The smallest absolute Gasteiger partial charge is 0.340 e. The van der Waals surface area contributed by atoms with E-state index in [-0.39, 0.29) is 17.8 Å². The maximum atomic E-state index is 13.5. The number of fused-ring (bicyclic) bond motifs is 4. The highest BCUT2D eigenvalue weighted by Crippen LogP contribution is 2.47. The van der Waals surface area contributed by atoms with E-state index in [2.05, 4.69) is 28.6 Å². The molecule has 2 aromatic heterocycles. The van der Waals surface area contributed by atoms with Crippen LogP contribution in [0.1, 0.15) is 41.0 Å². The summed E-state index contributed by atoms with van der Waals surface area (Å²) in [6, 6.07) is 10.1. The normalized spacial score (nSPS) is 19.3. The number of allylic oxidation sites excluding steroid dienone is 2. The summed E-state index contributed by atoms with van der Waals surface area (Å²) in [6.45, 7) is 5.06. The average Bonchev–Trinajstić information content (AvgIpc) is 3.15. The van der Waals surface area contributed by atoms with E-state index in [9.17, 15) is 4.79 Å². The van der Waals surface area contributed by atoms with E-state index in [1.54, 1.807) is 20.4 Å². The minimum Gasteiger partial charge on any atom is -0.493 e. The number of rotatable bonds is 5. The third kappa shape index (κ3) is 3.32. The molecule has 5 rings (SSSR count). The quantitative estimate of drug-likeness (QED) is 0.496. The molecule has 0 saturated carbocycles. The summed E-state index contributed by atoms with van der Waals surface area (Å²) in [5.74, 6) is 1.34. The second kappa shape index (κ2) is 8.43. The van der Waals surface area contributed by atoms with Crippen LogP contribution in [0.3, 0.4) is 0 Å². The van der Waals surface area contributed by atoms with E-state index in [1.165, 1.54) is 0 Å². The second-order valence-electron chi connectivity index (χ2n) is 8.42. The zero-order chi connectivity index (χ0) is 23.1. The summed E-state index contributed by atoms with van der Waals surface area (Å²) in [7, 11) is 3.30. The van der Waals surface area contributed by atoms with Crippen molar-refractivity contribution in [2.75, 3.05) is 20.8 Å². The minimum absolute atomic E-state index is 0.0117. The van der Waals surface area contributed by atoms with E-state index in [0.29, 0.717) is 17.9 Å². The van der Waals surface area contributed by atoms with Gasteiger partial charge in [-0.15, -0.1) is 0 Å². The number of hydrogen-bond donors (Lipinski definition) is 0. The highest BCUT2D eigenvalue weighted by atomic mass is 16.5. The van der Waals surface area contributed by atoms with Gasteiger partial charge in [0.2, 0.25) is 0 Å². The molecule has 0 bridgehead atoms. The Labute approximate surface area is 193 Å². The molecule has 33 heavy (non-hydrogen) atoms. The predicted octanol–water partition coefficient (Wildman–Crippen LogP) is 5.37. The van der Waals surface area contributed by atoms with Gasteiger partial charge in [-0.3, -0.25) is 4.98 Å². The summed E-state index contributed by atoms with van der Waals surface area (Å²) < 4.78 is 19.0. The number of benzene rings is 1. The van der Waals surface area contributed by atoms with Crippen LogP contribution >= 0.6 is 0 Å². The van der Waals surface area contributed by atoms with Crippen LogP contribution in [0.4, 0.5) is 0 Å². The number of ether oxygens (including phenoxy) is 3. The lowest BCUT2D eigenvalue weighted by Crippen LogP contribution is -2.27. The SMILES string of the molecule is CCOC(=O)c1c(-c2cccc3cccnc23)c(C)n2c1C1C=C(OC)C(OC)=CC1CC2. The Bertz CT molecular complexity index is 1300. The molecule has 1 aliphatic heterocycles. The van der Waals surface area contributed by atoms with Gasteiger partial charge < -0.3 is 18.8 Å². The van der Waals surface area contributed by atoms with Crippen molar-refractivity contribution in [2.45, 2.75) is 32.7 Å². The zero-order valence-corrected chi connectivity index (χ0v) is 19.4. The van der Waals surface area contributed by atoms with E-state index in [1.807, 2.05) is 37.3 Å². The lowest BCUT2D eigenvalue weighted by atomic mass is 9.79. The molecular weight excluding hydrogens is 416 g/mol. The molecule has 0 N–H and O–H groups in total. The van der Waals surface area contributed by atoms with Crippen LogP contribution in [0, 0.1) is 12.8 Å². The van der Waals surface area contributed by atoms with Crippen molar-refractivity contribution in [3.8, 4) is 11.1 Å². The van der Waals surface area contributed by atoms with Gasteiger partial charge in [-0.2, -0.15) is 0 Å². The Morgan fingerprint density at radius 3 is 2.64 bits per heavy atom. The maximum Gasteiger partial charge on any atom is 0.340 e. The Hall–Kier alpha value is -3.54. The van der Waals surface area contributed by atoms with E-state index >= 15 is 0 Å². The first-order valence-electron chi connectivity index (χ1n) is 11.3. The van der Waals surface area contributed by atoms with Gasteiger partial charge in [0.15, 0.2) is 11.5 Å². The first-order chi connectivity index (χ1) is 16.1. The molecule has 0 fully saturated rings. The molecule has 2 unspecified atom stereocenters. The fourth-order valence-electron chi connectivity index (χ4n) is 5.35. The number of hydrogen-bond acceptors (Lipinski definition) is 5. The molecule has 0 spiro atoms. The van der Waals surface area contributed by atoms with Crippen LogP contribution in [-0.4, -0.2) is 36.3 Å². The Kier molecular flexibility index (Phi) is 5.44. The molecule has 2 atom stereocenters. The third-order valence-electron chi connectivity index (χ3n) is 6.79. The Balaban J connectivity index is 1.79. The number of nitrogens with zero attached hydrogens (tertiary/aromatic N) is 2. The first kappa shape index (κ1) is 21.3. The lowest BCUT2D eigenvalue weighted by molar-refractivity contribution is 0.0524. The molecule has 2 aliphatic rings. The summed E-state index contributed by atoms with van der Waals surface area (Å²) in [4.78, 5) is 18.1. The highest BCUT2D eigenvalue weighted by Gasteiger charge is 2.39. The number of para-hydroxylation sites is 1. The van der Waals surface area contributed by atoms with Crippen LogP contribution in [-0.2, 0) is 20.8 Å². The number of aromatic nitrogens is 2. The second-order valence-corrected chi connectivity index (χ2v) is 8.42. The molecule has 6 nitrogen and oxygen atoms in total. The number of carbonyl (C=O) groups excluding carboxylic acids is 1. The summed E-state index contributed by atoms with van der Waals surface area (Å²) in [6.07, 6.45) is 6.96. The predicted molar refractivity (Wildman–Crippen MR) is 127 cm³/mol. The van der Waals surface area contributed by atoms with Crippen LogP contribution in [0.5, 0.6) is 0 Å². The van der Waals surface area contributed by atoms with Crippen molar-refractivity contribution >= 4 is 16.9 Å². The van der Waals surface area contributed by atoms with E-state index in [4.69, 9.17) is 14.2 Å². The Morgan fingerprint density at radius 2 is 1.88 bits per heavy atom. The largest absolute Gasteiger partial charge is 0.493 e. The van der Waals surface area contributed by atoms with Crippen LogP contribution < -0.4 is 0 Å². The number of esters is 1. The number of methoxy groups -OCH3 is 2. The molecule has 1 aromatic carbocycles. The topological polar surface area (TPSA) is 62.6 Å². The van der Waals surface area contributed by atoms with E-state index < -0.39 is 0 Å². The third-order valence-corrected chi connectivity index (χ3v) is 6.79. The van der Waals surface area contributed by atoms with Crippen molar-refractivity contribution in [2.24, 2.45) is 5.92 Å². The fourth-order valence-corrected chi connectivity index (χ4v) is 5.35. The van der Waals surface area contributed by atoms with Gasteiger partial charge in [0.25, 0.3) is 0 Å². The van der Waals surface area contributed by atoms with E-state index in [0.717, 1.165) is 52.1 Å². The zero-order valence-electron chi connectivity index (χ0n) is 19.4. The number of carbonyl (C=O) groups is 1. The van der Waals surface area contributed by atoms with Gasteiger partial charge >= 0.3 is 5.97 Å². The average molecular weight is 445 g/mol. The highest BCUT2D eigenvalue weighted by molar-refractivity contribution is 6.05. The Morgan fingerprint density at radius 1 is 1.12 bits per heavy atom. The van der Waals surface area contributed by atoms with Crippen LogP contribution in [0.25, 0.3) is 22.0 Å². The standard InChI is InChI=1S/C27H28N2O4/c1-5-33-27(30)24-23(19-10-6-8-17-9-7-12-28-25(17)19)16(2)29-13-11-18-14-21(31-3)22(32-4)15-20(18)26(24)29/h6-10,12,14-15,18,20H,5,11,13H2,1-4H3. The minimum atomic E-state index is -0.299. The molecule has 3 heterocycles. The van der Waals surface area contributed by atoms with Gasteiger partial charge in [-0.05, 0) is 44.4 Å². The van der Waals surface area contributed by atoms with Gasteiger partial charge in [0.05, 0.1) is 31.9 Å². The molecule has 0 amide bonds. The van der Waals surface area contributed by atoms with Gasteiger partial charge in [0, 0.05) is 46.6 Å². The molecule has 170 valence electrons. The monoisotopic (exact) mass is 444 g/mol. The summed E-state index contributed by atoms with van der Waals surface area (Å²) >= 11 is 0. The summed E-state index contributed by atoms with van der Waals surface area (Å²) in [5.41, 5.74) is 5.40. The van der Waals surface area contributed by atoms with Crippen molar-refractivity contribution in [3.05, 3.63) is 77.2 Å². The van der Waals surface area contributed by atoms with Crippen LogP contribution in [0.2, 0.25) is 0 Å². The molecule has 0 radical (unpaired) electrons. The fraction of sp³-hybridized carbons (Fsp3) is 0.333. The van der Waals surface area contributed by atoms with Gasteiger partial charge in [0.1, 0.15) is 0 Å². The van der Waals surface area contributed by atoms with Crippen molar-refractivity contribution in [3.63, 3.8) is 0 Å². The number of pyridine rings is 1. The summed E-state index contributed by atoms with van der Waals surface area (Å²) in [5, 5.41) is 1.04. The van der Waals surface area contributed by atoms with Crippen molar-refractivity contribution in [1.29, 1.82) is 0 Å². The molecule has 3 aromatic rings.